The van der Waals surface area contributed by atoms with Gasteiger partial charge in [-0.3, -0.25) is 0 Å². The first-order chi connectivity index (χ1) is 11.8. The van der Waals surface area contributed by atoms with Crippen molar-refractivity contribution in [3.8, 4) is 11.5 Å². The van der Waals surface area contributed by atoms with Crippen molar-refractivity contribution in [2.45, 2.75) is 13.3 Å². The van der Waals surface area contributed by atoms with E-state index in [2.05, 4.69) is 34.3 Å². The van der Waals surface area contributed by atoms with Gasteiger partial charge in [-0.2, -0.15) is 0 Å². The predicted molar refractivity (Wildman–Crippen MR) is 95.9 cm³/mol. The van der Waals surface area contributed by atoms with Crippen molar-refractivity contribution in [1.29, 1.82) is 0 Å². The Balaban J connectivity index is 1.50. The molecule has 1 aromatic heterocycles. The summed E-state index contributed by atoms with van der Waals surface area (Å²) >= 11 is 0. The summed E-state index contributed by atoms with van der Waals surface area (Å²) < 4.78 is 10.8. The molecule has 0 aliphatic rings. The van der Waals surface area contributed by atoms with Crippen LogP contribution in [0.3, 0.4) is 0 Å². The molecule has 0 amide bonds. The van der Waals surface area contributed by atoms with Crippen molar-refractivity contribution in [2.24, 2.45) is 0 Å². The third-order valence-corrected chi connectivity index (χ3v) is 3.73. The Morgan fingerprint density at radius 2 is 1.79 bits per heavy atom. The zero-order chi connectivity index (χ0) is 16.8. The smallest absolute Gasteiger partial charge is 0.137 e. The summed E-state index contributed by atoms with van der Waals surface area (Å²) in [6.07, 6.45) is 2.47. The molecular formula is C19H21N3O2. The Morgan fingerprint density at radius 1 is 1.00 bits per heavy atom. The number of methoxy groups -OCH3 is 1. The molecule has 5 heteroatoms. The maximum absolute atomic E-state index is 5.72. The standard InChI is InChI=1S/C19H21N3O2/c1-14-4-9-18-17(12-14)19(22-13-21-18)20-10-3-11-24-16-7-5-15(23-2)6-8-16/h4-9,12-13H,3,10-11H2,1-2H3,(H,20,21,22). The van der Waals surface area contributed by atoms with Crippen molar-refractivity contribution in [3.63, 3.8) is 0 Å². The average molecular weight is 323 g/mol. The Kier molecular flexibility index (Phi) is 5.11. The first-order valence-electron chi connectivity index (χ1n) is 7.98. The molecule has 0 fully saturated rings. The van der Waals surface area contributed by atoms with Gasteiger partial charge in [-0.15, -0.1) is 0 Å². The molecule has 124 valence electrons. The van der Waals surface area contributed by atoms with Gasteiger partial charge in [0.15, 0.2) is 0 Å². The molecular weight excluding hydrogens is 302 g/mol. The van der Waals surface area contributed by atoms with Crippen molar-refractivity contribution in [3.05, 3.63) is 54.4 Å². The Bertz CT molecular complexity index is 803. The van der Waals surface area contributed by atoms with Crippen molar-refractivity contribution in [1.82, 2.24) is 9.97 Å². The van der Waals surface area contributed by atoms with Gasteiger partial charge in [-0.1, -0.05) is 11.6 Å². The largest absolute Gasteiger partial charge is 0.497 e. The highest BCUT2D eigenvalue weighted by Crippen LogP contribution is 2.20. The number of hydrogen-bond donors (Lipinski definition) is 1. The van der Waals surface area contributed by atoms with Gasteiger partial charge in [0.05, 0.1) is 19.2 Å². The number of fused-ring (bicyclic) bond motifs is 1. The van der Waals surface area contributed by atoms with E-state index < -0.39 is 0 Å². The Labute approximate surface area is 141 Å². The van der Waals surface area contributed by atoms with E-state index >= 15 is 0 Å². The summed E-state index contributed by atoms with van der Waals surface area (Å²) in [6.45, 7) is 3.50. The Morgan fingerprint density at radius 3 is 2.58 bits per heavy atom. The number of ether oxygens (including phenoxy) is 2. The van der Waals surface area contributed by atoms with Crippen LogP contribution in [0.1, 0.15) is 12.0 Å². The van der Waals surface area contributed by atoms with E-state index in [0.717, 1.165) is 41.2 Å². The zero-order valence-electron chi connectivity index (χ0n) is 14.0. The van der Waals surface area contributed by atoms with E-state index in [9.17, 15) is 0 Å². The second-order valence-corrected chi connectivity index (χ2v) is 5.55. The van der Waals surface area contributed by atoms with Crippen LogP contribution in [-0.2, 0) is 0 Å². The normalized spacial score (nSPS) is 10.6. The number of anilines is 1. The summed E-state index contributed by atoms with van der Waals surface area (Å²) in [5.74, 6) is 2.54. The molecule has 0 spiro atoms. The maximum atomic E-state index is 5.72. The highest BCUT2D eigenvalue weighted by atomic mass is 16.5. The van der Waals surface area contributed by atoms with Crippen LogP contribution in [0.15, 0.2) is 48.8 Å². The summed E-state index contributed by atoms with van der Waals surface area (Å²) in [7, 11) is 1.65. The van der Waals surface area contributed by atoms with E-state index in [1.165, 1.54) is 5.56 Å². The van der Waals surface area contributed by atoms with Crippen LogP contribution in [0, 0.1) is 6.92 Å². The average Bonchev–Trinajstić information content (AvgIpc) is 2.62. The number of rotatable bonds is 7. The molecule has 0 radical (unpaired) electrons. The lowest BCUT2D eigenvalue weighted by Crippen LogP contribution is -2.09. The van der Waals surface area contributed by atoms with Crippen LogP contribution >= 0.6 is 0 Å². The van der Waals surface area contributed by atoms with Crippen LogP contribution in [0.5, 0.6) is 11.5 Å². The van der Waals surface area contributed by atoms with Gasteiger partial charge in [-0.05, 0) is 49.7 Å². The predicted octanol–water partition coefficient (Wildman–Crippen LogP) is 3.83. The van der Waals surface area contributed by atoms with Gasteiger partial charge in [0.2, 0.25) is 0 Å². The lowest BCUT2D eigenvalue weighted by molar-refractivity contribution is 0.314. The maximum Gasteiger partial charge on any atom is 0.137 e. The SMILES string of the molecule is COc1ccc(OCCCNc2ncnc3ccc(C)cc23)cc1. The number of nitrogens with one attached hydrogen (secondary N) is 1. The quantitative estimate of drug-likeness (QED) is 0.670. The minimum absolute atomic E-state index is 0.640. The second kappa shape index (κ2) is 7.64. The second-order valence-electron chi connectivity index (χ2n) is 5.55. The molecule has 0 unspecified atom stereocenters. The van der Waals surface area contributed by atoms with E-state index in [1.54, 1.807) is 13.4 Å². The fourth-order valence-electron chi connectivity index (χ4n) is 2.45. The van der Waals surface area contributed by atoms with Crippen molar-refractivity contribution < 1.29 is 9.47 Å². The molecule has 2 aromatic carbocycles. The van der Waals surface area contributed by atoms with Crippen LogP contribution in [0.25, 0.3) is 10.9 Å². The minimum Gasteiger partial charge on any atom is -0.497 e. The molecule has 0 saturated carbocycles. The number of benzene rings is 2. The molecule has 3 aromatic rings. The molecule has 1 N–H and O–H groups in total. The van der Waals surface area contributed by atoms with Gasteiger partial charge in [-0.25, -0.2) is 9.97 Å². The first kappa shape index (κ1) is 16.1. The summed E-state index contributed by atoms with van der Waals surface area (Å²) in [5.41, 5.74) is 2.15. The molecule has 5 nitrogen and oxygen atoms in total. The monoisotopic (exact) mass is 323 g/mol. The van der Waals surface area contributed by atoms with Crippen molar-refractivity contribution >= 4 is 16.7 Å². The molecule has 0 bridgehead atoms. The summed E-state index contributed by atoms with van der Waals surface area (Å²) in [4.78, 5) is 8.64. The molecule has 0 aliphatic heterocycles. The van der Waals surface area contributed by atoms with Gasteiger partial charge in [0.25, 0.3) is 0 Å². The van der Waals surface area contributed by atoms with Crippen molar-refractivity contribution in [2.75, 3.05) is 25.6 Å². The van der Waals surface area contributed by atoms with E-state index in [4.69, 9.17) is 9.47 Å². The third kappa shape index (κ3) is 3.93. The lowest BCUT2D eigenvalue weighted by atomic mass is 10.1. The highest BCUT2D eigenvalue weighted by Gasteiger charge is 2.03. The van der Waals surface area contributed by atoms with Crippen LogP contribution in [-0.4, -0.2) is 30.2 Å². The highest BCUT2D eigenvalue weighted by molar-refractivity contribution is 5.89. The van der Waals surface area contributed by atoms with Gasteiger partial charge in [0.1, 0.15) is 23.6 Å². The number of hydrogen-bond acceptors (Lipinski definition) is 5. The molecule has 1 heterocycles. The van der Waals surface area contributed by atoms with Gasteiger partial charge < -0.3 is 14.8 Å². The lowest BCUT2D eigenvalue weighted by Gasteiger charge is -2.10. The van der Waals surface area contributed by atoms with E-state index in [0.29, 0.717) is 6.61 Å². The number of aromatic nitrogens is 2. The van der Waals surface area contributed by atoms with E-state index in [1.807, 2.05) is 30.3 Å². The third-order valence-electron chi connectivity index (χ3n) is 3.73. The molecule has 0 aliphatic carbocycles. The fraction of sp³-hybridized carbons (Fsp3) is 0.263. The molecule has 0 saturated heterocycles. The number of aryl methyl sites for hydroxylation is 1. The van der Waals surface area contributed by atoms with Crippen LogP contribution < -0.4 is 14.8 Å². The Hall–Kier alpha value is -2.82. The zero-order valence-corrected chi connectivity index (χ0v) is 14.0. The summed E-state index contributed by atoms with van der Waals surface area (Å²) in [6, 6.07) is 13.8. The first-order valence-corrected chi connectivity index (χ1v) is 7.98. The fourth-order valence-corrected chi connectivity index (χ4v) is 2.45. The number of nitrogens with zero attached hydrogens (tertiary/aromatic N) is 2. The molecule has 0 atom stereocenters. The van der Waals surface area contributed by atoms with Crippen LogP contribution in [0.4, 0.5) is 5.82 Å². The van der Waals surface area contributed by atoms with Gasteiger partial charge >= 0.3 is 0 Å². The summed E-state index contributed by atoms with van der Waals surface area (Å²) in [5, 5.41) is 4.42. The van der Waals surface area contributed by atoms with Crippen LogP contribution in [0.2, 0.25) is 0 Å². The minimum atomic E-state index is 0.640. The topological polar surface area (TPSA) is 56.3 Å². The molecule has 24 heavy (non-hydrogen) atoms. The molecule has 3 rings (SSSR count). The van der Waals surface area contributed by atoms with Gasteiger partial charge in [0, 0.05) is 11.9 Å². The van der Waals surface area contributed by atoms with E-state index in [-0.39, 0.29) is 0 Å².